The van der Waals surface area contributed by atoms with Crippen molar-refractivity contribution in [2.75, 3.05) is 17.2 Å². The minimum atomic E-state index is -0.388. The Bertz CT molecular complexity index is 837. The second-order valence-corrected chi connectivity index (χ2v) is 7.29. The summed E-state index contributed by atoms with van der Waals surface area (Å²) < 4.78 is 4.95. The Balaban J connectivity index is 2.01. The molecular weight excluding hydrogens is 376 g/mol. The van der Waals surface area contributed by atoms with E-state index in [4.69, 9.17) is 4.74 Å². The highest BCUT2D eigenvalue weighted by atomic mass is 32.2. The number of benzene rings is 2. The highest BCUT2D eigenvalue weighted by molar-refractivity contribution is 8.00. The van der Waals surface area contributed by atoms with Crippen molar-refractivity contribution in [3.63, 3.8) is 0 Å². The minimum absolute atomic E-state index is 0.124. The first kappa shape index (κ1) is 21.5. The molecule has 0 saturated carbocycles. The van der Waals surface area contributed by atoms with Gasteiger partial charge in [0, 0.05) is 23.2 Å². The van der Waals surface area contributed by atoms with Gasteiger partial charge < -0.3 is 15.4 Å². The van der Waals surface area contributed by atoms with Crippen LogP contribution in [0.5, 0.6) is 0 Å². The zero-order valence-electron chi connectivity index (χ0n) is 16.2. The Morgan fingerprint density at radius 3 is 2.32 bits per heavy atom. The van der Waals surface area contributed by atoms with Crippen molar-refractivity contribution in [3.8, 4) is 0 Å². The van der Waals surface area contributed by atoms with Gasteiger partial charge in [0.25, 0.3) is 0 Å². The topological polar surface area (TPSA) is 84.5 Å². The maximum atomic E-state index is 12.6. The van der Waals surface area contributed by atoms with E-state index in [0.29, 0.717) is 30.0 Å². The first-order chi connectivity index (χ1) is 13.4. The molecule has 0 aliphatic rings. The van der Waals surface area contributed by atoms with Crippen LogP contribution in [-0.2, 0) is 14.3 Å². The van der Waals surface area contributed by atoms with Gasteiger partial charge in [-0.05, 0) is 55.8 Å². The maximum absolute atomic E-state index is 12.6. The molecule has 0 aromatic heterocycles. The summed E-state index contributed by atoms with van der Waals surface area (Å²) in [6.45, 7) is 5.46. The molecule has 2 N–H and O–H groups in total. The second-order valence-electron chi connectivity index (χ2n) is 6.01. The quantitative estimate of drug-likeness (QED) is 0.509. The van der Waals surface area contributed by atoms with Crippen LogP contribution in [0.15, 0.2) is 53.4 Å². The lowest BCUT2D eigenvalue weighted by Gasteiger charge is -2.15. The summed E-state index contributed by atoms with van der Waals surface area (Å²) in [5.41, 5.74) is 1.75. The van der Waals surface area contributed by atoms with Crippen LogP contribution < -0.4 is 10.6 Å². The van der Waals surface area contributed by atoms with Gasteiger partial charge in [-0.15, -0.1) is 11.8 Å². The van der Waals surface area contributed by atoms with Gasteiger partial charge in [-0.2, -0.15) is 0 Å². The summed E-state index contributed by atoms with van der Waals surface area (Å²) in [7, 11) is 0. The predicted octanol–water partition coefficient (Wildman–Crippen LogP) is 4.33. The highest BCUT2D eigenvalue weighted by Crippen LogP contribution is 2.28. The zero-order chi connectivity index (χ0) is 20.5. The normalized spacial score (nSPS) is 11.4. The minimum Gasteiger partial charge on any atom is -0.462 e. The van der Waals surface area contributed by atoms with Gasteiger partial charge in [-0.25, -0.2) is 4.79 Å². The molecule has 0 fully saturated rings. The Labute approximate surface area is 169 Å². The maximum Gasteiger partial charge on any atom is 0.338 e. The number of nitrogens with one attached hydrogen (secondary N) is 2. The summed E-state index contributed by atoms with van der Waals surface area (Å²) in [6, 6.07) is 14.0. The number of hydrogen-bond donors (Lipinski definition) is 2. The van der Waals surface area contributed by atoms with Crippen molar-refractivity contribution in [1.29, 1.82) is 0 Å². The van der Waals surface area contributed by atoms with Gasteiger partial charge >= 0.3 is 5.97 Å². The van der Waals surface area contributed by atoms with Crippen molar-refractivity contribution in [2.24, 2.45) is 0 Å². The number of thioether (sulfide) groups is 1. The van der Waals surface area contributed by atoms with Gasteiger partial charge in [-0.3, -0.25) is 9.59 Å². The first-order valence-corrected chi connectivity index (χ1v) is 9.93. The number of rotatable bonds is 8. The Morgan fingerprint density at radius 2 is 1.71 bits per heavy atom. The van der Waals surface area contributed by atoms with Gasteiger partial charge in [0.15, 0.2) is 0 Å². The van der Waals surface area contributed by atoms with Crippen molar-refractivity contribution < 1.29 is 19.1 Å². The molecular formula is C21H24N2O4S. The third-order valence-corrected chi connectivity index (χ3v) is 5.12. The molecule has 0 heterocycles. The molecule has 2 aromatic rings. The highest BCUT2D eigenvalue weighted by Gasteiger charge is 2.18. The third kappa shape index (κ3) is 6.42. The molecule has 0 aliphatic heterocycles. The average molecular weight is 401 g/mol. The molecule has 2 aromatic carbocycles. The van der Waals surface area contributed by atoms with E-state index in [2.05, 4.69) is 10.6 Å². The van der Waals surface area contributed by atoms with Gasteiger partial charge in [-0.1, -0.05) is 13.0 Å². The number of ether oxygens (including phenoxy) is 1. The van der Waals surface area contributed by atoms with Crippen LogP contribution in [0.3, 0.4) is 0 Å². The molecule has 2 amide bonds. The monoisotopic (exact) mass is 400 g/mol. The van der Waals surface area contributed by atoms with Crippen molar-refractivity contribution in [1.82, 2.24) is 0 Å². The zero-order valence-corrected chi connectivity index (χ0v) is 17.0. The SMILES string of the molecule is CCOC(=O)c1ccc(NC(=O)C(CC)Sc2cccc(NC(C)=O)c2)cc1. The van der Waals surface area contributed by atoms with E-state index in [-0.39, 0.29) is 23.0 Å². The summed E-state index contributed by atoms with van der Waals surface area (Å²) in [5, 5.41) is 5.32. The van der Waals surface area contributed by atoms with E-state index < -0.39 is 0 Å². The Morgan fingerprint density at radius 1 is 1.00 bits per heavy atom. The molecule has 7 heteroatoms. The molecule has 2 rings (SSSR count). The summed E-state index contributed by atoms with van der Waals surface area (Å²) in [5.74, 6) is -0.652. The van der Waals surface area contributed by atoms with Crippen LogP contribution in [0.1, 0.15) is 37.6 Å². The van der Waals surface area contributed by atoms with Crippen LogP contribution in [0.2, 0.25) is 0 Å². The average Bonchev–Trinajstić information content (AvgIpc) is 2.66. The summed E-state index contributed by atoms with van der Waals surface area (Å²) >= 11 is 1.43. The van der Waals surface area contributed by atoms with Crippen LogP contribution in [-0.4, -0.2) is 29.6 Å². The van der Waals surface area contributed by atoms with Gasteiger partial charge in [0.05, 0.1) is 17.4 Å². The van der Waals surface area contributed by atoms with E-state index in [1.165, 1.54) is 18.7 Å². The van der Waals surface area contributed by atoms with E-state index in [1.54, 1.807) is 37.3 Å². The largest absolute Gasteiger partial charge is 0.462 e. The molecule has 28 heavy (non-hydrogen) atoms. The first-order valence-electron chi connectivity index (χ1n) is 9.05. The molecule has 0 bridgehead atoms. The van der Waals surface area contributed by atoms with Crippen LogP contribution >= 0.6 is 11.8 Å². The molecule has 0 saturated heterocycles. The molecule has 1 unspecified atom stereocenters. The molecule has 0 radical (unpaired) electrons. The van der Waals surface area contributed by atoms with Crippen molar-refractivity contribution >= 4 is 40.9 Å². The fourth-order valence-electron chi connectivity index (χ4n) is 2.46. The Hall–Kier alpha value is -2.80. The molecule has 0 spiro atoms. The van der Waals surface area contributed by atoms with E-state index in [9.17, 15) is 14.4 Å². The molecule has 6 nitrogen and oxygen atoms in total. The number of carbonyl (C=O) groups is 3. The fourth-order valence-corrected chi connectivity index (χ4v) is 3.48. The smallest absolute Gasteiger partial charge is 0.338 e. The number of amides is 2. The second kappa shape index (κ2) is 10.5. The van der Waals surface area contributed by atoms with Crippen molar-refractivity contribution in [3.05, 3.63) is 54.1 Å². The van der Waals surface area contributed by atoms with Crippen LogP contribution in [0.4, 0.5) is 11.4 Å². The predicted molar refractivity (Wildman–Crippen MR) is 112 cm³/mol. The molecule has 1 atom stereocenters. The summed E-state index contributed by atoms with van der Waals surface area (Å²) in [4.78, 5) is 36.4. The molecule has 0 aliphatic carbocycles. The number of hydrogen-bond acceptors (Lipinski definition) is 5. The Kier molecular flexibility index (Phi) is 8.07. The number of carbonyl (C=O) groups excluding carboxylic acids is 3. The van der Waals surface area contributed by atoms with Gasteiger partial charge in [0.2, 0.25) is 11.8 Å². The van der Waals surface area contributed by atoms with Crippen LogP contribution in [0.25, 0.3) is 0 Å². The number of anilines is 2. The van der Waals surface area contributed by atoms with Gasteiger partial charge in [0.1, 0.15) is 0 Å². The number of esters is 1. The summed E-state index contributed by atoms with van der Waals surface area (Å²) in [6.07, 6.45) is 0.641. The van der Waals surface area contributed by atoms with E-state index in [1.807, 2.05) is 25.1 Å². The van der Waals surface area contributed by atoms with Crippen molar-refractivity contribution in [2.45, 2.75) is 37.3 Å². The van der Waals surface area contributed by atoms with E-state index >= 15 is 0 Å². The lowest BCUT2D eigenvalue weighted by atomic mass is 10.2. The van der Waals surface area contributed by atoms with E-state index in [0.717, 1.165) is 4.90 Å². The third-order valence-electron chi connectivity index (χ3n) is 3.76. The lowest BCUT2D eigenvalue weighted by Crippen LogP contribution is -2.24. The van der Waals surface area contributed by atoms with Crippen LogP contribution in [0, 0.1) is 0 Å². The fraction of sp³-hybridized carbons (Fsp3) is 0.286. The standard InChI is InChI=1S/C21H24N2O4S/c1-4-19(28-18-8-6-7-17(13-18)22-14(3)24)20(25)23-16-11-9-15(10-12-16)21(26)27-5-2/h6-13,19H,4-5H2,1-3H3,(H,22,24)(H,23,25). The lowest BCUT2D eigenvalue weighted by molar-refractivity contribution is -0.116. The molecule has 148 valence electrons.